The second-order valence-corrected chi connectivity index (χ2v) is 10.8. The Morgan fingerprint density at radius 2 is 1.62 bits per heavy atom. The largest absolute Gasteiger partial charge is 0.488 e. The molecule has 1 aliphatic heterocycles. The van der Waals surface area contributed by atoms with Crippen LogP contribution in [0.5, 0.6) is 23.3 Å². The number of morpholine rings is 1. The Bertz CT molecular complexity index is 1660. The van der Waals surface area contributed by atoms with Crippen LogP contribution < -0.4 is 24.8 Å². The van der Waals surface area contributed by atoms with Gasteiger partial charge in [-0.3, -0.25) is 14.5 Å². The number of anilines is 2. The van der Waals surface area contributed by atoms with E-state index in [1.807, 2.05) is 0 Å². The molecule has 12 nitrogen and oxygen atoms in total. The molecule has 1 aliphatic carbocycles. The van der Waals surface area contributed by atoms with Gasteiger partial charge in [0.2, 0.25) is 17.7 Å². The third-order valence-electron chi connectivity index (χ3n) is 7.73. The third kappa shape index (κ3) is 7.10. The summed E-state index contributed by atoms with van der Waals surface area (Å²) < 4.78 is 36.1. The van der Waals surface area contributed by atoms with Gasteiger partial charge in [-0.2, -0.15) is 4.98 Å². The summed E-state index contributed by atoms with van der Waals surface area (Å²) >= 11 is 0. The summed E-state index contributed by atoms with van der Waals surface area (Å²) in [5, 5.41) is 5.51. The minimum Gasteiger partial charge on any atom is -0.488 e. The number of carbonyl (C=O) groups is 2. The van der Waals surface area contributed by atoms with E-state index in [0.717, 1.165) is 39.3 Å². The smallest absolute Gasteiger partial charge is 0.257 e. The molecule has 0 bridgehead atoms. The van der Waals surface area contributed by atoms with E-state index >= 15 is 0 Å². The summed E-state index contributed by atoms with van der Waals surface area (Å²) in [6.07, 6.45) is 3.08. The van der Waals surface area contributed by atoms with Crippen LogP contribution in [0.1, 0.15) is 19.3 Å². The number of aromatic nitrogens is 3. The molecule has 0 atom stereocenters. The van der Waals surface area contributed by atoms with Crippen molar-refractivity contribution in [1.82, 2.24) is 19.9 Å². The van der Waals surface area contributed by atoms with Gasteiger partial charge in [0, 0.05) is 37.1 Å². The number of nitrogens with zero attached hydrogens (tertiary/aromatic N) is 4. The van der Waals surface area contributed by atoms with Crippen molar-refractivity contribution < 1.29 is 32.9 Å². The molecule has 1 saturated carbocycles. The summed E-state index contributed by atoms with van der Waals surface area (Å²) in [6, 6.07) is 13.8. The van der Waals surface area contributed by atoms with Crippen LogP contribution in [0, 0.1) is 11.2 Å². The SMILES string of the molecule is COc1nc2c(Oc3ccc(NC(=O)C4(C(=O)Nc5ccc(F)cc5)CC4)cc3)ncnc2cc1OCCCN1CCOCC1. The highest BCUT2D eigenvalue weighted by Gasteiger charge is 2.56. The Kier molecular flexibility index (Phi) is 8.98. The first-order valence-electron chi connectivity index (χ1n) is 14.7. The Labute approximate surface area is 258 Å². The standard InChI is InChI=1S/C32H33FN6O6/c1-42-28-26(44-16-2-13-39-14-17-43-18-15-39)19-25-27(38-28)29(35-20-34-25)45-24-9-7-23(8-10-24)37-31(41)32(11-12-32)30(40)36-22-5-3-21(33)4-6-22/h3-10,19-20H,2,11-18H2,1H3,(H,36,40)(H,37,41). The number of amides is 2. The molecule has 3 heterocycles. The van der Waals surface area contributed by atoms with Crippen LogP contribution in [0.3, 0.4) is 0 Å². The Hall–Kier alpha value is -4.88. The molecule has 0 radical (unpaired) electrons. The van der Waals surface area contributed by atoms with Gasteiger partial charge in [-0.25, -0.2) is 14.4 Å². The normalized spacial score (nSPS) is 15.7. The van der Waals surface area contributed by atoms with Gasteiger partial charge in [0.05, 0.1) is 26.9 Å². The molecule has 0 unspecified atom stereocenters. The Morgan fingerprint density at radius 1 is 0.956 bits per heavy atom. The van der Waals surface area contributed by atoms with Crippen LogP contribution in [0.4, 0.5) is 15.8 Å². The highest BCUT2D eigenvalue weighted by Crippen LogP contribution is 2.47. The van der Waals surface area contributed by atoms with Gasteiger partial charge in [-0.1, -0.05) is 0 Å². The van der Waals surface area contributed by atoms with E-state index < -0.39 is 23.0 Å². The zero-order valence-corrected chi connectivity index (χ0v) is 24.8. The van der Waals surface area contributed by atoms with Crippen molar-refractivity contribution in [1.29, 1.82) is 0 Å². The van der Waals surface area contributed by atoms with E-state index in [-0.39, 0.29) is 5.88 Å². The molecular formula is C32H33FN6O6. The van der Waals surface area contributed by atoms with Crippen molar-refractivity contribution in [2.45, 2.75) is 19.3 Å². The van der Waals surface area contributed by atoms with Gasteiger partial charge >= 0.3 is 0 Å². The van der Waals surface area contributed by atoms with Gasteiger partial charge in [-0.15, -0.1) is 0 Å². The number of benzene rings is 2. The highest BCUT2D eigenvalue weighted by molar-refractivity contribution is 6.16. The monoisotopic (exact) mass is 616 g/mol. The lowest BCUT2D eigenvalue weighted by Gasteiger charge is -2.26. The molecule has 2 N–H and O–H groups in total. The first-order chi connectivity index (χ1) is 21.9. The molecule has 2 aliphatic rings. The molecular weight excluding hydrogens is 583 g/mol. The number of pyridine rings is 1. The Balaban J connectivity index is 1.07. The molecule has 2 aromatic carbocycles. The number of nitrogens with one attached hydrogen (secondary N) is 2. The van der Waals surface area contributed by atoms with Crippen molar-refractivity contribution >= 4 is 34.2 Å². The van der Waals surface area contributed by atoms with Crippen LogP contribution in [0.15, 0.2) is 60.9 Å². The minimum atomic E-state index is -1.17. The van der Waals surface area contributed by atoms with E-state index in [1.165, 1.54) is 37.7 Å². The summed E-state index contributed by atoms with van der Waals surface area (Å²) in [7, 11) is 1.52. The number of methoxy groups -OCH3 is 1. The maximum atomic E-state index is 13.2. The lowest BCUT2D eigenvalue weighted by atomic mass is 10.0. The number of hydrogen-bond donors (Lipinski definition) is 2. The second kappa shape index (κ2) is 13.4. The van der Waals surface area contributed by atoms with E-state index in [1.54, 1.807) is 30.3 Å². The van der Waals surface area contributed by atoms with Gasteiger partial charge in [0.1, 0.15) is 28.8 Å². The fraction of sp³-hybridized carbons (Fsp3) is 0.344. The molecule has 4 aromatic rings. The van der Waals surface area contributed by atoms with E-state index in [2.05, 4.69) is 30.5 Å². The maximum Gasteiger partial charge on any atom is 0.257 e. The van der Waals surface area contributed by atoms with Crippen LogP contribution in [0.25, 0.3) is 11.0 Å². The molecule has 45 heavy (non-hydrogen) atoms. The molecule has 13 heteroatoms. The van der Waals surface area contributed by atoms with Crippen LogP contribution in [-0.4, -0.2) is 78.2 Å². The molecule has 2 amide bonds. The number of ether oxygens (including phenoxy) is 4. The fourth-order valence-corrected chi connectivity index (χ4v) is 4.98. The lowest BCUT2D eigenvalue weighted by Crippen LogP contribution is -2.37. The molecule has 1 saturated heterocycles. The number of carbonyl (C=O) groups excluding carboxylic acids is 2. The summed E-state index contributed by atoms with van der Waals surface area (Å²) in [5.74, 6) is 0.212. The number of halogens is 1. The summed E-state index contributed by atoms with van der Waals surface area (Å²) in [5.41, 5.74) is 0.682. The minimum absolute atomic E-state index is 0.225. The first kappa shape index (κ1) is 30.2. The van der Waals surface area contributed by atoms with Crippen molar-refractivity contribution in [3.8, 4) is 23.3 Å². The quantitative estimate of drug-likeness (QED) is 0.174. The average Bonchev–Trinajstić information content (AvgIpc) is 3.88. The van der Waals surface area contributed by atoms with Crippen molar-refractivity contribution in [3.63, 3.8) is 0 Å². The van der Waals surface area contributed by atoms with Gasteiger partial charge in [0.25, 0.3) is 5.88 Å². The van der Waals surface area contributed by atoms with Gasteiger partial charge in [0.15, 0.2) is 11.3 Å². The van der Waals surface area contributed by atoms with Crippen LogP contribution >= 0.6 is 0 Å². The molecule has 6 rings (SSSR count). The maximum absolute atomic E-state index is 13.2. The predicted octanol–water partition coefficient (Wildman–Crippen LogP) is 4.42. The zero-order valence-electron chi connectivity index (χ0n) is 24.8. The summed E-state index contributed by atoms with van der Waals surface area (Å²) in [4.78, 5) is 41.4. The van der Waals surface area contributed by atoms with Crippen molar-refractivity contribution in [2.24, 2.45) is 5.41 Å². The molecule has 0 spiro atoms. The number of hydrogen-bond acceptors (Lipinski definition) is 10. The van der Waals surface area contributed by atoms with E-state index in [4.69, 9.17) is 18.9 Å². The van der Waals surface area contributed by atoms with E-state index in [0.29, 0.717) is 59.2 Å². The van der Waals surface area contributed by atoms with Gasteiger partial charge < -0.3 is 29.6 Å². The topological polar surface area (TPSA) is 137 Å². The third-order valence-corrected chi connectivity index (χ3v) is 7.73. The van der Waals surface area contributed by atoms with Crippen molar-refractivity contribution in [3.05, 3.63) is 66.7 Å². The number of fused-ring (bicyclic) bond motifs is 1. The zero-order chi connectivity index (χ0) is 31.2. The van der Waals surface area contributed by atoms with E-state index in [9.17, 15) is 14.0 Å². The summed E-state index contributed by atoms with van der Waals surface area (Å²) in [6.45, 7) is 4.79. The lowest BCUT2D eigenvalue weighted by molar-refractivity contribution is -0.131. The molecule has 2 aromatic heterocycles. The highest BCUT2D eigenvalue weighted by atomic mass is 19.1. The number of rotatable bonds is 12. The second-order valence-electron chi connectivity index (χ2n) is 10.8. The van der Waals surface area contributed by atoms with Crippen molar-refractivity contribution in [2.75, 3.05) is 57.2 Å². The average molecular weight is 617 g/mol. The Morgan fingerprint density at radius 3 is 2.27 bits per heavy atom. The predicted molar refractivity (Wildman–Crippen MR) is 163 cm³/mol. The fourth-order valence-electron chi connectivity index (χ4n) is 4.98. The molecule has 234 valence electrons. The molecule has 2 fully saturated rings. The van der Waals surface area contributed by atoms with Gasteiger partial charge in [-0.05, 0) is 67.8 Å². The van der Waals surface area contributed by atoms with Crippen LogP contribution in [-0.2, 0) is 14.3 Å². The van der Waals surface area contributed by atoms with Crippen LogP contribution in [0.2, 0.25) is 0 Å². The first-order valence-corrected chi connectivity index (χ1v) is 14.7.